The van der Waals surface area contributed by atoms with Crippen LogP contribution in [0.3, 0.4) is 0 Å². The van der Waals surface area contributed by atoms with Crippen molar-refractivity contribution in [1.82, 2.24) is 4.98 Å². The third-order valence-electron chi connectivity index (χ3n) is 4.35. The van der Waals surface area contributed by atoms with Crippen molar-refractivity contribution in [3.8, 4) is 0 Å². The highest BCUT2D eigenvalue weighted by Gasteiger charge is 2.43. The lowest BCUT2D eigenvalue weighted by Gasteiger charge is -2.28. The van der Waals surface area contributed by atoms with Crippen LogP contribution in [0.15, 0.2) is 60.8 Å². The molecule has 0 atom stereocenters. The van der Waals surface area contributed by atoms with E-state index in [1.165, 1.54) is 0 Å². The summed E-state index contributed by atoms with van der Waals surface area (Å²) in [6.45, 7) is 7.58. The summed E-state index contributed by atoms with van der Waals surface area (Å²) in [5, 5.41) is 2.13. The molecular formula is C23H27NO3Si. The van der Waals surface area contributed by atoms with Crippen LogP contribution in [0.1, 0.15) is 31.9 Å². The Kier molecular flexibility index (Phi) is 7.11. The molecule has 0 aliphatic heterocycles. The summed E-state index contributed by atoms with van der Waals surface area (Å²) in [6, 6.07) is 18.5. The van der Waals surface area contributed by atoms with Crippen LogP contribution in [0.2, 0.25) is 0 Å². The van der Waals surface area contributed by atoms with E-state index in [4.69, 9.17) is 13.3 Å². The summed E-state index contributed by atoms with van der Waals surface area (Å²) in [6.07, 6.45) is 6.05. The first-order valence-electron chi connectivity index (χ1n) is 9.76. The van der Waals surface area contributed by atoms with Gasteiger partial charge in [-0.1, -0.05) is 54.6 Å². The number of pyridine rings is 1. The third kappa shape index (κ3) is 4.75. The predicted molar refractivity (Wildman–Crippen MR) is 117 cm³/mol. The van der Waals surface area contributed by atoms with Gasteiger partial charge in [0.05, 0.1) is 5.52 Å². The smallest absolute Gasteiger partial charge is 0.370 e. The zero-order chi connectivity index (χ0) is 19.8. The van der Waals surface area contributed by atoms with Crippen LogP contribution >= 0.6 is 0 Å². The highest BCUT2D eigenvalue weighted by Crippen LogP contribution is 2.16. The van der Waals surface area contributed by atoms with Gasteiger partial charge >= 0.3 is 8.80 Å². The van der Waals surface area contributed by atoms with Crippen molar-refractivity contribution in [2.45, 2.75) is 20.8 Å². The van der Waals surface area contributed by atoms with Crippen LogP contribution < -0.4 is 5.19 Å². The van der Waals surface area contributed by atoms with Gasteiger partial charge in [0, 0.05) is 36.6 Å². The normalized spacial score (nSPS) is 12.1. The fraction of sp³-hybridized carbons (Fsp3) is 0.261. The van der Waals surface area contributed by atoms with Crippen LogP contribution in [0.25, 0.3) is 23.1 Å². The topological polar surface area (TPSA) is 40.6 Å². The van der Waals surface area contributed by atoms with Crippen molar-refractivity contribution >= 4 is 37.0 Å². The van der Waals surface area contributed by atoms with E-state index in [2.05, 4.69) is 41.4 Å². The monoisotopic (exact) mass is 393 g/mol. The maximum absolute atomic E-state index is 5.97. The van der Waals surface area contributed by atoms with Crippen molar-refractivity contribution in [2.75, 3.05) is 19.8 Å². The van der Waals surface area contributed by atoms with Gasteiger partial charge in [0.2, 0.25) is 0 Å². The minimum absolute atomic E-state index is 0.558. The van der Waals surface area contributed by atoms with Gasteiger partial charge in [0.25, 0.3) is 0 Å². The van der Waals surface area contributed by atoms with Crippen molar-refractivity contribution in [2.24, 2.45) is 0 Å². The Morgan fingerprint density at radius 1 is 0.786 bits per heavy atom. The first kappa shape index (κ1) is 20.4. The molecule has 0 aliphatic rings. The Bertz CT molecular complexity index is 908. The van der Waals surface area contributed by atoms with E-state index in [0.29, 0.717) is 19.8 Å². The second-order valence-electron chi connectivity index (χ2n) is 6.27. The van der Waals surface area contributed by atoms with Crippen molar-refractivity contribution in [1.29, 1.82) is 0 Å². The molecule has 28 heavy (non-hydrogen) atoms. The lowest BCUT2D eigenvalue weighted by molar-refractivity contribution is 0.0859. The Balaban J connectivity index is 1.81. The number of hydrogen-bond donors (Lipinski definition) is 0. The molecule has 0 saturated carbocycles. The molecule has 0 spiro atoms. The summed E-state index contributed by atoms with van der Waals surface area (Å²) in [7, 11) is -2.85. The second-order valence-corrected chi connectivity index (χ2v) is 8.83. The summed E-state index contributed by atoms with van der Waals surface area (Å²) in [5.74, 6) is 0. The average Bonchev–Trinajstić information content (AvgIpc) is 2.73. The van der Waals surface area contributed by atoms with Crippen LogP contribution in [0.4, 0.5) is 0 Å². The van der Waals surface area contributed by atoms with Crippen molar-refractivity contribution in [3.63, 3.8) is 0 Å². The lowest BCUT2D eigenvalue weighted by atomic mass is 10.1. The number of benzene rings is 2. The Morgan fingerprint density at radius 2 is 1.39 bits per heavy atom. The zero-order valence-corrected chi connectivity index (χ0v) is 17.7. The third-order valence-corrected chi connectivity index (χ3v) is 7.39. The fourth-order valence-electron chi connectivity index (χ4n) is 3.12. The van der Waals surface area contributed by atoms with E-state index in [9.17, 15) is 0 Å². The van der Waals surface area contributed by atoms with Gasteiger partial charge in [-0.15, -0.1) is 0 Å². The van der Waals surface area contributed by atoms with E-state index in [1.54, 1.807) is 0 Å². The highest BCUT2D eigenvalue weighted by molar-refractivity contribution is 6.75. The molecule has 0 N–H and O–H groups in total. The minimum Gasteiger partial charge on any atom is -0.370 e. The van der Waals surface area contributed by atoms with Gasteiger partial charge < -0.3 is 13.3 Å². The molecular weight excluding hydrogens is 366 g/mol. The predicted octanol–water partition coefficient (Wildman–Crippen LogP) is 4.66. The molecule has 0 radical (unpaired) electrons. The molecule has 0 saturated heterocycles. The van der Waals surface area contributed by atoms with Gasteiger partial charge in [0.15, 0.2) is 0 Å². The molecule has 0 amide bonds. The maximum atomic E-state index is 5.97. The van der Waals surface area contributed by atoms with Crippen LogP contribution in [-0.4, -0.2) is 33.6 Å². The summed E-state index contributed by atoms with van der Waals surface area (Å²) in [4.78, 5) is 4.51. The van der Waals surface area contributed by atoms with E-state index in [-0.39, 0.29) is 0 Å². The fourth-order valence-corrected chi connectivity index (χ4v) is 5.58. The first-order chi connectivity index (χ1) is 13.7. The molecule has 146 valence electrons. The molecule has 0 unspecified atom stereocenters. The molecule has 1 heterocycles. The summed E-state index contributed by atoms with van der Waals surface area (Å²) >= 11 is 0. The molecule has 0 bridgehead atoms. The quantitative estimate of drug-likeness (QED) is 0.496. The first-order valence-corrected chi connectivity index (χ1v) is 11.5. The number of nitrogens with zero attached hydrogens (tertiary/aromatic N) is 1. The van der Waals surface area contributed by atoms with Crippen LogP contribution in [0.5, 0.6) is 0 Å². The number of fused-ring (bicyclic) bond motifs is 1. The Hall–Kier alpha value is -2.31. The SMILES string of the molecule is CCO[Si](OCC)(OCC)c1ccc(C=Cc2cnc3ccccc3c2)cc1. The number of rotatable bonds is 9. The van der Waals surface area contributed by atoms with Crippen molar-refractivity contribution < 1.29 is 13.3 Å². The van der Waals surface area contributed by atoms with Gasteiger partial charge in [-0.05, 0) is 44.0 Å². The zero-order valence-electron chi connectivity index (χ0n) is 16.7. The molecule has 2 aromatic carbocycles. The number of hydrogen-bond acceptors (Lipinski definition) is 4. The van der Waals surface area contributed by atoms with Gasteiger partial charge in [-0.25, -0.2) is 0 Å². The summed E-state index contributed by atoms with van der Waals surface area (Å²) in [5.41, 5.74) is 3.18. The average molecular weight is 394 g/mol. The summed E-state index contributed by atoms with van der Waals surface area (Å²) < 4.78 is 17.9. The maximum Gasteiger partial charge on any atom is 0.537 e. The Labute approximate surface area is 168 Å². The van der Waals surface area contributed by atoms with Crippen LogP contribution in [-0.2, 0) is 13.3 Å². The second kappa shape index (κ2) is 9.75. The highest BCUT2D eigenvalue weighted by atomic mass is 28.4. The largest absolute Gasteiger partial charge is 0.537 e. The van der Waals surface area contributed by atoms with E-state index in [1.807, 2.05) is 57.3 Å². The van der Waals surface area contributed by atoms with Gasteiger partial charge in [-0.3, -0.25) is 4.98 Å². The Morgan fingerprint density at radius 3 is 2.04 bits per heavy atom. The van der Waals surface area contributed by atoms with E-state index >= 15 is 0 Å². The molecule has 4 nitrogen and oxygen atoms in total. The standard InChI is InChI=1S/C23H27NO3Si/c1-4-25-28(26-5-2,27-6-3)22-15-13-19(14-16-22)11-12-20-17-21-9-7-8-10-23(21)24-18-20/h7-18H,4-6H2,1-3H3. The molecule has 0 fully saturated rings. The van der Waals surface area contributed by atoms with E-state index in [0.717, 1.165) is 27.2 Å². The van der Waals surface area contributed by atoms with Gasteiger partial charge in [0.1, 0.15) is 0 Å². The molecule has 3 rings (SSSR count). The lowest BCUT2D eigenvalue weighted by Crippen LogP contribution is -2.56. The molecule has 3 aromatic rings. The molecule has 5 heteroatoms. The van der Waals surface area contributed by atoms with Gasteiger partial charge in [-0.2, -0.15) is 0 Å². The number of para-hydroxylation sites is 1. The van der Waals surface area contributed by atoms with Crippen molar-refractivity contribution in [3.05, 3.63) is 71.9 Å². The molecule has 0 aliphatic carbocycles. The van der Waals surface area contributed by atoms with E-state index < -0.39 is 8.80 Å². The molecule has 1 aromatic heterocycles. The van der Waals surface area contributed by atoms with Crippen LogP contribution in [0, 0.1) is 0 Å². The number of aromatic nitrogens is 1. The minimum atomic E-state index is -2.85.